The van der Waals surface area contributed by atoms with Crippen molar-refractivity contribution in [1.82, 2.24) is 10.2 Å². The highest BCUT2D eigenvalue weighted by molar-refractivity contribution is 6.31. The molecule has 1 spiro atoms. The summed E-state index contributed by atoms with van der Waals surface area (Å²) in [5, 5.41) is 7.37. The average Bonchev–Trinajstić information content (AvgIpc) is 3.34. The SMILES string of the molecule is CCCc1[nH]nc2c1[C@@]1(C(=O)N(Cc3c(F)cccc3Cl)c3ccccc31)C(C(=O)OC)=C(N)O2. The van der Waals surface area contributed by atoms with Gasteiger partial charge in [-0.2, -0.15) is 0 Å². The van der Waals surface area contributed by atoms with Crippen LogP contribution in [0.25, 0.3) is 0 Å². The molecule has 0 saturated heterocycles. The molecule has 35 heavy (non-hydrogen) atoms. The fourth-order valence-corrected chi connectivity index (χ4v) is 5.23. The normalized spacial score (nSPS) is 18.5. The first kappa shape index (κ1) is 22.9. The predicted molar refractivity (Wildman–Crippen MR) is 126 cm³/mol. The number of hydrogen-bond acceptors (Lipinski definition) is 6. The maximum atomic E-state index is 14.8. The maximum Gasteiger partial charge on any atom is 0.340 e. The van der Waals surface area contributed by atoms with Crippen LogP contribution >= 0.6 is 11.6 Å². The largest absolute Gasteiger partial charge is 0.465 e. The fourth-order valence-electron chi connectivity index (χ4n) is 5.01. The minimum absolute atomic E-state index is 0.104. The van der Waals surface area contributed by atoms with Crippen molar-refractivity contribution in [3.8, 4) is 5.88 Å². The Balaban J connectivity index is 1.82. The summed E-state index contributed by atoms with van der Waals surface area (Å²) in [4.78, 5) is 29.1. The monoisotopic (exact) mass is 496 g/mol. The van der Waals surface area contributed by atoms with E-state index in [0.29, 0.717) is 28.9 Å². The summed E-state index contributed by atoms with van der Waals surface area (Å²) in [6, 6.07) is 11.3. The molecule has 0 saturated carbocycles. The van der Waals surface area contributed by atoms with Gasteiger partial charge < -0.3 is 20.1 Å². The minimum Gasteiger partial charge on any atom is -0.465 e. The van der Waals surface area contributed by atoms with Crippen LogP contribution in [0.3, 0.4) is 0 Å². The molecule has 3 aromatic rings. The van der Waals surface area contributed by atoms with Crippen LogP contribution in [0.4, 0.5) is 10.1 Å². The number of aromatic amines is 1. The van der Waals surface area contributed by atoms with E-state index in [1.54, 1.807) is 30.3 Å². The molecule has 0 fully saturated rings. The summed E-state index contributed by atoms with van der Waals surface area (Å²) >= 11 is 6.30. The van der Waals surface area contributed by atoms with Crippen molar-refractivity contribution in [3.63, 3.8) is 0 Å². The van der Waals surface area contributed by atoms with E-state index in [1.165, 1.54) is 24.1 Å². The standard InChI is InChI=1S/C25H22ClFN4O4/c1-3-7-17-19-22(30-29-17)35-21(28)20(23(32)34-2)25(19)14-8-4-5-11-18(14)31(24(25)33)12-13-15(26)9-6-10-16(13)27/h4-6,8-11H,3,7,12,28H2,1-2H3,(H,29,30)/t25-/m1/s1. The number of amides is 1. The molecule has 1 atom stereocenters. The smallest absolute Gasteiger partial charge is 0.340 e. The molecule has 0 bridgehead atoms. The molecule has 2 aromatic carbocycles. The van der Waals surface area contributed by atoms with Gasteiger partial charge in [0.05, 0.1) is 19.2 Å². The summed E-state index contributed by atoms with van der Waals surface area (Å²) in [7, 11) is 1.20. The molecule has 0 radical (unpaired) electrons. The van der Waals surface area contributed by atoms with Crippen LogP contribution in [0.5, 0.6) is 5.88 Å². The van der Waals surface area contributed by atoms with E-state index in [-0.39, 0.29) is 34.5 Å². The van der Waals surface area contributed by atoms with Gasteiger partial charge in [0.25, 0.3) is 0 Å². The van der Waals surface area contributed by atoms with Gasteiger partial charge in [-0.15, -0.1) is 5.10 Å². The Hall–Kier alpha value is -3.85. The van der Waals surface area contributed by atoms with E-state index in [0.717, 1.165) is 6.42 Å². The van der Waals surface area contributed by atoms with Crippen molar-refractivity contribution in [2.45, 2.75) is 31.7 Å². The molecule has 1 amide bonds. The molecule has 0 aliphatic carbocycles. The third-order valence-corrected chi connectivity index (χ3v) is 6.80. The molecular weight excluding hydrogens is 475 g/mol. The van der Waals surface area contributed by atoms with Crippen LogP contribution in [0.2, 0.25) is 5.02 Å². The van der Waals surface area contributed by atoms with Crippen LogP contribution < -0.4 is 15.4 Å². The number of fused-ring (bicyclic) bond motifs is 4. The molecule has 5 rings (SSSR count). The number of para-hydroxylation sites is 1. The van der Waals surface area contributed by atoms with Crippen LogP contribution in [-0.4, -0.2) is 29.2 Å². The molecule has 2 aliphatic heterocycles. The number of rotatable bonds is 5. The molecule has 0 unspecified atom stereocenters. The van der Waals surface area contributed by atoms with E-state index >= 15 is 0 Å². The Morgan fingerprint density at radius 2 is 2.06 bits per heavy atom. The lowest BCUT2D eigenvalue weighted by Crippen LogP contribution is -2.48. The zero-order valence-electron chi connectivity index (χ0n) is 19.0. The Morgan fingerprint density at radius 1 is 1.29 bits per heavy atom. The number of carbonyl (C=O) groups is 2. The number of nitrogens with two attached hydrogens (primary N) is 1. The number of esters is 1. The van der Waals surface area contributed by atoms with Gasteiger partial charge in [-0.1, -0.05) is 49.2 Å². The first-order chi connectivity index (χ1) is 16.9. The second-order valence-corrected chi connectivity index (χ2v) is 8.73. The highest BCUT2D eigenvalue weighted by Crippen LogP contribution is 2.56. The third-order valence-electron chi connectivity index (χ3n) is 6.44. The molecule has 3 N–H and O–H groups in total. The Morgan fingerprint density at radius 3 is 2.77 bits per heavy atom. The van der Waals surface area contributed by atoms with E-state index in [4.69, 9.17) is 26.8 Å². The fraction of sp³-hybridized carbons (Fsp3) is 0.240. The molecular formula is C25H22ClFN4O4. The van der Waals surface area contributed by atoms with Crippen molar-refractivity contribution in [2.75, 3.05) is 12.0 Å². The van der Waals surface area contributed by atoms with E-state index in [9.17, 15) is 14.0 Å². The number of aromatic nitrogens is 2. The summed E-state index contributed by atoms with van der Waals surface area (Å²) in [6.07, 6.45) is 1.28. The summed E-state index contributed by atoms with van der Waals surface area (Å²) in [5.74, 6) is -2.05. The van der Waals surface area contributed by atoms with E-state index in [1.807, 2.05) is 6.92 Å². The van der Waals surface area contributed by atoms with E-state index < -0.39 is 23.1 Å². The summed E-state index contributed by atoms with van der Waals surface area (Å²) in [5.41, 5.74) is 6.54. The maximum absolute atomic E-state index is 14.8. The zero-order valence-corrected chi connectivity index (χ0v) is 19.8. The number of halogens is 2. The summed E-state index contributed by atoms with van der Waals surface area (Å²) < 4.78 is 25.5. The molecule has 1 aromatic heterocycles. The van der Waals surface area contributed by atoms with Gasteiger partial charge in [0, 0.05) is 27.5 Å². The van der Waals surface area contributed by atoms with Crippen LogP contribution in [0.1, 0.15) is 35.7 Å². The van der Waals surface area contributed by atoms with Crippen molar-refractivity contribution in [1.29, 1.82) is 0 Å². The first-order valence-corrected chi connectivity index (χ1v) is 11.4. The van der Waals surface area contributed by atoms with Gasteiger partial charge in [-0.25, -0.2) is 9.18 Å². The molecule has 10 heteroatoms. The Bertz CT molecular complexity index is 1380. The van der Waals surface area contributed by atoms with Gasteiger partial charge in [0.15, 0.2) is 0 Å². The number of aryl methyl sites for hydroxylation is 1. The molecule has 3 heterocycles. The number of methoxy groups -OCH3 is 1. The third kappa shape index (κ3) is 3.15. The summed E-state index contributed by atoms with van der Waals surface area (Å²) in [6.45, 7) is 1.82. The second kappa shape index (κ2) is 8.42. The van der Waals surface area contributed by atoms with Crippen molar-refractivity contribution < 1.29 is 23.5 Å². The van der Waals surface area contributed by atoms with E-state index in [2.05, 4.69) is 10.2 Å². The van der Waals surface area contributed by atoms with Crippen LogP contribution in [0, 0.1) is 5.82 Å². The number of hydrogen-bond donors (Lipinski definition) is 2. The number of nitrogens with zero attached hydrogens (tertiary/aromatic N) is 2. The van der Waals surface area contributed by atoms with Gasteiger partial charge in [0.1, 0.15) is 16.8 Å². The number of ether oxygens (including phenoxy) is 2. The van der Waals surface area contributed by atoms with Gasteiger partial charge in [-0.3, -0.25) is 9.89 Å². The second-order valence-electron chi connectivity index (χ2n) is 8.32. The lowest BCUT2D eigenvalue weighted by Gasteiger charge is -2.34. The molecule has 2 aliphatic rings. The molecule has 180 valence electrons. The lowest BCUT2D eigenvalue weighted by molar-refractivity contribution is -0.138. The van der Waals surface area contributed by atoms with Crippen LogP contribution in [-0.2, 0) is 32.7 Å². The Labute approximate surface area is 205 Å². The van der Waals surface area contributed by atoms with Crippen molar-refractivity contribution in [2.24, 2.45) is 5.73 Å². The highest BCUT2D eigenvalue weighted by atomic mass is 35.5. The first-order valence-electron chi connectivity index (χ1n) is 11.0. The number of carbonyl (C=O) groups excluding carboxylic acids is 2. The van der Waals surface area contributed by atoms with Crippen molar-refractivity contribution >= 4 is 29.2 Å². The van der Waals surface area contributed by atoms with Gasteiger partial charge in [0.2, 0.25) is 17.7 Å². The number of nitrogens with one attached hydrogen (secondary N) is 1. The average molecular weight is 497 g/mol. The highest BCUT2D eigenvalue weighted by Gasteiger charge is 2.62. The lowest BCUT2D eigenvalue weighted by atomic mass is 9.68. The number of benzene rings is 2. The predicted octanol–water partition coefficient (Wildman–Crippen LogP) is 3.72. The molecule has 8 nitrogen and oxygen atoms in total. The van der Waals surface area contributed by atoms with Gasteiger partial charge >= 0.3 is 5.97 Å². The number of anilines is 1. The van der Waals surface area contributed by atoms with Crippen molar-refractivity contribution in [3.05, 3.63) is 87.1 Å². The van der Waals surface area contributed by atoms with Gasteiger partial charge in [-0.05, 0) is 24.6 Å². The number of H-pyrrole nitrogens is 1. The van der Waals surface area contributed by atoms with Crippen LogP contribution in [0.15, 0.2) is 53.9 Å². The minimum atomic E-state index is -1.70. The zero-order chi connectivity index (χ0) is 24.9. The quantitative estimate of drug-likeness (QED) is 0.521. The Kier molecular flexibility index (Phi) is 5.52. The topological polar surface area (TPSA) is 111 Å².